The lowest BCUT2D eigenvalue weighted by Crippen LogP contribution is -2.36. The van der Waals surface area contributed by atoms with Crippen LogP contribution in [0.3, 0.4) is 0 Å². The van der Waals surface area contributed by atoms with E-state index in [9.17, 15) is 14.4 Å². The van der Waals surface area contributed by atoms with E-state index in [1.807, 2.05) is 0 Å². The van der Waals surface area contributed by atoms with Crippen molar-refractivity contribution >= 4 is 29.4 Å². The molecule has 1 rings (SSSR count). The molecule has 0 aliphatic heterocycles. The second-order valence-electron chi connectivity index (χ2n) is 5.80. The van der Waals surface area contributed by atoms with Gasteiger partial charge in [0.15, 0.2) is 23.0 Å². The van der Waals surface area contributed by atoms with Gasteiger partial charge in [-0.1, -0.05) is 19.8 Å². The summed E-state index contributed by atoms with van der Waals surface area (Å²) >= 11 is 0. The van der Waals surface area contributed by atoms with Gasteiger partial charge in [0, 0.05) is 32.6 Å². The van der Waals surface area contributed by atoms with Crippen LogP contribution in [0, 0.1) is 0 Å². The summed E-state index contributed by atoms with van der Waals surface area (Å²) in [5.41, 5.74) is 16.4. The Hall–Kier alpha value is -2.95. The van der Waals surface area contributed by atoms with Gasteiger partial charge in [-0.3, -0.25) is 14.4 Å². The molecule has 0 unspecified atom stereocenters. The number of rotatable bonds is 11. The van der Waals surface area contributed by atoms with Crippen LogP contribution in [-0.4, -0.2) is 53.9 Å². The maximum atomic E-state index is 12.1. The molecule has 0 radical (unpaired) electrons. The number of nitrogens with one attached hydrogen (secondary N) is 3. The van der Waals surface area contributed by atoms with Gasteiger partial charge in [0.05, 0.1) is 0 Å². The van der Waals surface area contributed by atoms with Crippen molar-refractivity contribution in [2.45, 2.75) is 32.6 Å². The summed E-state index contributed by atoms with van der Waals surface area (Å²) in [6, 6.07) is 0. The zero-order valence-electron chi connectivity index (χ0n) is 15.5. The van der Waals surface area contributed by atoms with Crippen molar-refractivity contribution in [3.05, 3.63) is 11.4 Å². The molecular weight excluding hydrogens is 352 g/mol. The van der Waals surface area contributed by atoms with Gasteiger partial charge in [-0.25, -0.2) is 9.97 Å². The number of amides is 3. The summed E-state index contributed by atoms with van der Waals surface area (Å²) in [7, 11) is 0. The molecule has 0 fully saturated rings. The van der Waals surface area contributed by atoms with Crippen LogP contribution in [0.15, 0.2) is 0 Å². The largest absolute Gasteiger partial charge is 0.382 e. The summed E-state index contributed by atoms with van der Waals surface area (Å²) in [6.07, 6.45) is 3.35. The van der Waals surface area contributed by atoms with Gasteiger partial charge in [-0.2, -0.15) is 0 Å². The maximum absolute atomic E-state index is 12.1. The van der Waals surface area contributed by atoms with Gasteiger partial charge in [-0.05, 0) is 6.42 Å². The molecule has 0 aromatic carbocycles. The number of hydrogen-bond donors (Lipinski definition) is 6. The fourth-order valence-electron chi connectivity index (χ4n) is 2.15. The zero-order chi connectivity index (χ0) is 20.2. The molecule has 1 heterocycles. The maximum Gasteiger partial charge on any atom is 0.273 e. The Morgan fingerprint density at radius 1 is 0.852 bits per heavy atom. The van der Waals surface area contributed by atoms with Crippen molar-refractivity contribution in [2.24, 2.45) is 5.73 Å². The molecule has 1 aromatic rings. The monoisotopic (exact) mass is 380 g/mol. The second kappa shape index (κ2) is 11.6. The third-order valence-corrected chi connectivity index (χ3v) is 3.55. The predicted molar refractivity (Wildman–Crippen MR) is 102 cm³/mol. The third-order valence-electron chi connectivity index (χ3n) is 3.55. The van der Waals surface area contributed by atoms with Crippen LogP contribution in [0.5, 0.6) is 0 Å². The molecule has 0 atom stereocenters. The van der Waals surface area contributed by atoms with Crippen LogP contribution in [0.1, 0.15) is 53.6 Å². The minimum absolute atomic E-state index is 0.0610. The first-order valence-corrected chi connectivity index (χ1v) is 8.86. The van der Waals surface area contributed by atoms with Crippen LogP contribution < -0.4 is 33.2 Å². The number of nitrogen functional groups attached to an aromatic ring is 2. The highest BCUT2D eigenvalue weighted by molar-refractivity contribution is 6.00. The quantitative estimate of drug-likeness (QED) is 0.257. The first-order valence-electron chi connectivity index (χ1n) is 8.86. The molecule has 11 nitrogen and oxygen atoms in total. The van der Waals surface area contributed by atoms with E-state index in [0.717, 1.165) is 19.3 Å². The van der Waals surface area contributed by atoms with E-state index in [1.165, 1.54) is 0 Å². The molecule has 11 heteroatoms. The van der Waals surface area contributed by atoms with E-state index < -0.39 is 11.8 Å². The molecule has 0 bridgehead atoms. The lowest BCUT2D eigenvalue weighted by molar-refractivity contribution is -0.121. The fraction of sp³-hybridized carbons (Fsp3) is 0.562. The molecule has 0 saturated heterocycles. The topological polar surface area (TPSA) is 191 Å². The van der Waals surface area contributed by atoms with Gasteiger partial charge in [0.25, 0.3) is 11.8 Å². The summed E-state index contributed by atoms with van der Waals surface area (Å²) < 4.78 is 0. The Morgan fingerprint density at radius 2 is 1.37 bits per heavy atom. The van der Waals surface area contributed by atoms with Gasteiger partial charge >= 0.3 is 0 Å². The molecule has 0 aliphatic rings. The van der Waals surface area contributed by atoms with E-state index in [-0.39, 0.29) is 55.1 Å². The van der Waals surface area contributed by atoms with E-state index >= 15 is 0 Å². The Balaban J connectivity index is 2.54. The highest BCUT2D eigenvalue weighted by Crippen LogP contribution is 2.12. The number of anilines is 2. The Kier molecular flexibility index (Phi) is 9.51. The average molecular weight is 380 g/mol. The Bertz CT molecular complexity index is 665. The standard InChI is InChI=1S/C16H28N8O3/c1-2-3-4-5-10(25)20-8-9-22-16(27)12-14(19)23-11(13(18)24-12)15(26)21-7-6-17/h2-9,17H2,1H3,(H2,18,24)(H2,19,23)(H,20,25)(H,21,26)(H,22,27). The Labute approximate surface area is 157 Å². The van der Waals surface area contributed by atoms with E-state index in [2.05, 4.69) is 32.8 Å². The van der Waals surface area contributed by atoms with E-state index in [4.69, 9.17) is 17.2 Å². The highest BCUT2D eigenvalue weighted by Gasteiger charge is 2.19. The van der Waals surface area contributed by atoms with Crippen molar-refractivity contribution in [3.8, 4) is 0 Å². The van der Waals surface area contributed by atoms with Crippen molar-refractivity contribution in [1.29, 1.82) is 0 Å². The molecule has 27 heavy (non-hydrogen) atoms. The lowest BCUT2D eigenvalue weighted by atomic mass is 10.2. The smallest absolute Gasteiger partial charge is 0.273 e. The summed E-state index contributed by atoms with van der Waals surface area (Å²) in [5, 5.41) is 7.77. The molecule has 9 N–H and O–H groups in total. The Morgan fingerprint density at radius 3 is 1.89 bits per heavy atom. The SMILES string of the molecule is CCCCCC(=O)NCCNC(=O)c1nc(N)c(C(=O)NCCN)nc1N. The van der Waals surface area contributed by atoms with Crippen molar-refractivity contribution in [2.75, 3.05) is 37.6 Å². The van der Waals surface area contributed by atoms with Crippen molar-refractivity contribution in [3.63, 3.8) is 0 Å². The molecule has 3 amide bonds. The molecule has 0 saturated carbocycles. The van der Waals surface area contributed by atoms with Crippen LogP contribution in [0.4, 0.5) is 11.6 Å². The molecular formula is C16H28N8O3. The van der Waals surface area contributed by atoms with Gasteiger partial charge < -0.3 is 33.2 Å². The zero-order valence-corrected chi connectivity index (χ0v) is 15.5. The highest BCUT2D eigenvalue weighted by atomic mass is 16.2. The minimum atomic E-state index is -0.596. The van der Waals surface area contributed by atoms with Crippen LogP contribution in [0.25, 0.3) is 0 Å². The number of hydrogen-bond acceptors (Lipinski definition) is 8. The first kappa shape index (κ1) is 22.1. The summed E-state index contributed by atoms with van der Waals surface area (Å²) in [6.45, 7) is 3.03. The molecule has 150 valence electrons. The average Bonchev–Trinajstić information content (AvgIpc) is 2.64. The minimum Gasteiger partial charge on any atom is -0.382 e. The predicted octanol–water partition coefficient (Wildman–Crippen LogP) is -1.24. The van der Waals surface area contributed by atoms with E-state index in [1.54, 1.807) is 0 Å². The van der Waals surface area contributed by atoms with Crippen LogP contribution in [-0.2, 0) is 4.79 Å². The molecule has 0 aliphatic carbocycles. The number of carbonyl (C=O) groups excluding carboxylic acids is 3. The molecule has 1 aromatic heterocycles. The van der Waals surface area contributed by atoms with Crippen LogP contribution >= 0.6 is 0 Å². The summed E-state index contributed by atoms with van der Waals surface area (Å²) in [4.78, 5) is 43.3. The second-order valence-corrected chi connectivity index (χ2v) is 5.80. The fourth-order valence-corrected chi connectivity index (χ4v) is 2.15. The van der Waals surface area contributed by atoms with Gasteiger partial charge in [0.2, 0.25) is 5.91 Å². The molecule has 0 spiro atoms. The number of unbranched alkanes of at least 4 members (excludes halogenated alkanes) is 2. The van der Waals surface area contributed by atoms with Crippen molar-refractivity contribution in [1.82, 2.24) is 25.9 Å². The van der Waals surface area contributed by atoms with Crippen LogP contribution in [0.2, 0.25) is 0 Å². The lowest BCUT2D eigenvalue weighted by Gasteiger charge is -2.10. The third kappa shape index (κ3) is 7.44. The normalized spacial score (nSPS) is 10.3. The van der Waals surface area contributed by atoms with Crippen molar-refractivity contribution < 1.29 is 14.4 Å². The number of aromatic nitrogens is 2. The van der Waals surface area contributed by atoms with Gasteiger partial charge in [0.1, 0.15) is 0 Å². The number of nitrogens with two attached hydrogens (primary N) is 3. The van der Waals surface area contributed by atoms with Gasteiger partial charge in [-0.15, -0.1) is 0 Å². The first-order chi connectivity index (χ1) is 12.9. The van der Waals surface area contributed by atoms with E-state index in [0.29, 0.717) is 6.42 Å². The number of nitrogens with zero attached hydrogens (tertiary/aromatic N) is 2. The number of carbonyl (C=O) groups is 3. The summed E-state index contributed by atoms with van der Waals surface area (Å²) in [5.74, 6) is -1.67.